The second-order valence-corrected chi connectivity index (χ2v) is 6.54. The zero-order valence-electron chi connectivity index (χ0n) is 16.2. The fourth-order valence-electron chi connectivity index (χ4n) is 3.04. The van der Waals surface area contributed by atoms with Gasteiger partial charge in [0, 0.05) is 29.5 Å². The van der Waals surface area contributed by atoms with Crippen LogP contribution in [0.2, 0.25) is 0 Å². The Labute approximate surface area is 175 Å². The minimum Gasteiger partial charge on any atom is -0.311 e. The third-order valence-electron chi connectivity index (χ3n) is 4.48. The number of carbonyl (C=O) groups is 1. The summed E-state index contributed by atoms with van der Waals surface area (Å²) in [5.74, 6) is -0.296. The summed E-state index contributed by atoms with van der Waals surface area (Å²) >= 11 is 0. The molecule has 0 unspecified atom stereocenters. The molecule has 4 rings (SSSR count). The maximum atomic E-state index is 12.0. The summed E-state index contributed by atoms with van der Waals surface area (Å²) in [4.78, 5) is 18.1. The lowest BCUT2D eigenvalue weighted by Gasteiger charge is -2.25. The summed E-state index contributed by atoms with van der Waals surface area (Å²) in [6.45, 7) is 0. The summed E-state index contributed by atoms with van der Waals surface area (Å²) in [6, 6.07) is 31.8. The average Bonchev–Trinajstić information content (AvgIpc) is 2.82. The van der Waals surface area contributed by atoms with Crippen molar-refractivity contribution in [1.29, 1.82) is 0 Å². The van der Waals surface area contributed by atoms with Gasteiger partial charge in [-0.15, -0.1) is 0 Å². The molecule has 0 atom stereocenters. The van der Waals surface area contributed by atoms with Crippen molar-refractivity contribution in [2.45, 2.75) is 0 Å². The third-order valence-corrected chi connectivity index (χ3v) is 4.48. The Bertz CT molecular complexity index is 1070. The van der Waals surface area contributed by atoms with E-state index in [1.165, 1.54) is 6.20 Å². The zero-order valence-corrected chi connectivity index (χ0v) is 16.2. The van der Waals surface area contributed by atoms with Gasteiger partial charge < -0.3 is 4.90 Å². The lowest BCUT2D eigenvalue weighted by molar-refractivity contribution is 0.0955. The van der Waals surface area contributed by atoms with Gasteiger partial charge in [-0.05, 0) is 54.1 Å². The number of pyridine rings is 1. The second-order valence-electron chi connectivity index (χ2n) is 6.54. The first kappa shape index (κ1) is 19.1. The molecule has 5 nitrogen and oxygen atoms in total. The van der Waals surface area contributed by atoms with Crippen LogP contribution in [0.5, 0.6) is 0 Å². The monoisotopic (exact) mass is 392 g/mol. The van der Waals surface area contributed by atoms with Crippen LogP contribution in [-0.2, 0) is 0 Å². The van der Waals surface area contributed by atoms with Crippen LogP contribution in [-0.4, -0.2) is 17.1 Å². The minimum atomic E-state index is -0.296. The molecule has 0 aliphatic rings. The van der Waals surface area contributed by atoms with Gasteiger partial charge in [-0.25, -0.2) is 5.43 Å². The SMILES string of the molecule is O=C(NN=Cc1ccc(N(c2ccccc2)c2ccccc2)cc1)c1cccnc1. The maximum Gasteiger partial charge on any atom is 0.272 e. The van der Waals surface area contributed by atoms with Crippen molar-refractivity contribution < 1.29 is 4.79 Å². The average molecular weight is 392 g/mol. The highest BCUT2D eigenvalue weighted by Gasteiger charge is 2.11. The molecule has 30 heavy (non-hydrogen) atoms. The Hall–Kier alpha value is -4.25. The Kier molecular flexibility index (Phi) is 5.91. The standard InChI is InChI=1S/C25H20N4O/c30-25(21-8-7-17-26-19-21)28-27-18-20-13-15-24(16-14-20)29(22-9-3-1-4-10-22)23-11-5-2-6-12-23/h1-19H,(H,28,30). The molecule has 0 bridgehead atoms. The van der Waals surface area contributed by atoms with Crippen LogP contribution in [0.1, 0.15) is 15.9 Å². The number of para-hydroxylation sites is 2. The zero-order chi connectivity index (χ0) is 20.6. The first-order valence-electron chi connectivity index (χ1n) is 9.55. The van der Waals surface area contributed by atoms with Gasteiger partial charge in [0.1, 0.15) is 0 Å². The number of hydrogen-bond donors (Lipinski definition) is 1. The Morgan fingerprint density at radius 3 is 1.93 bits per heavy atom. The molecule has 1 amide bonds. The quantitative estimate of drug-likeness (QED) is 0.357. The summed E-state index contributed by atoms with van der Waals surface area (Å²) in [5, 5.41) is 4.04. The van der Waals surface area contributed by atoms with E-state index in [1.54, 1.807) is 24.5 Å². The van der Waals surface area contributed by atoms with Gasteiger partial charge in [0.05, 0.1) is 11.8 Å². The summed E-state index contributed by atoms with van der Waals surface area (Å²) in [7, 11) is 0. The van der Waals surface area contributed by atoms with E-state index in [0.29, 0.717) is 5.56 Å². The number of hydrogen-bond acceptors (Lipinski definition) is 4. The van der Waals surface area contributed by atoms with Gasteiger partial charge in [-0.1, -0.05) is 48.5 Å². The number of benzene rings is 3. The molecular formula is C25H20N4O. The van der Waals surface area contributed by atoms with Crippen molar-refractivity contribution in [3.63, 3.8) is 0 Å². The van der Waals surface area contributed by atoms with Crippen LogP contribution in [0.15, 0.2) is 115 Å². The molecule has 0 aliphatic heterocycles. The smallest absolute Gasteiger partial charge is 0.272 e. The van der Waals surface area contributed by atoms with Crippen molar-refractivity contribution in [2.24, 2.45) is 5.10 Å². The van der Waals surface area contributed by atoms with Crippen molar-refractivity contribution >= 4 is 29.2 Å². The lowest BCUT2D eigenvalue weighted by atomic mass is 10.1. The van der Waals surface area contributed by atoms with Gasteiger partial charge in [0.15, 0.2) is 0 Å². The van der Waals surface area contributed by atoms with Crippen LogP contribution in [0.25, 0.3) is 0 Å². The largest absolute Gasteiger partial charge is 0.311 e. The van der Waals surface area contributed by atoms with Crippen molar-refractivity contribution in [3.05, 3.63) is 121 Å². The fraction of sp³-hybridized carbons (Fsp3) is 0. The molecule has 0 saturated carbocycles. The van der Waals surface area contributed by atoms with E-state index < -0.39 is 0 Å². The first-order chi connectivity index (χ1) is 14.8. The highest BCUT2D eigenvalue weighted by atomic mass is 16.2. The van der Waals surface area contributed by atoms with E-state index in [4.69, 9.17) is 0 Å². The number of amides is 1. The summed E-state index contributed by atoms with van der Waals surface area (Å²) in [5.41, 5.74) is 7.05. The molecular weight excluding hydrogens is 372 g/mol. The number of aromatic nitrogens is 1. The van der Waals surface area contributed by atoms with E-state index in [1.807, 2.05) is 60.7 Å². The molecule has 3 aromatic carbocycles. The molecule has 1 N–H and O–H groups in total. The normalized spacial score (nSPS) is 10.7. The predicted octanol–water partition coefficient (Wildman–Crippen LogP) is 5.32. The molecule has 0 spiro atoms. The van der Waals surface area contributed by atoms with Crippen LogP contribution in [0, 0.1) is 0 Å². The molecule has 1 aromatic heterocycles. The number of anilines is 3. The molecule has 0 fully saturated rings. The van der Waals surface area contributed by atoms with Crippen LogP contribution in [0.3, 0.4) is 0 Å². The predicted molar refractivity (Wildman–Crippen MR) is 120 cm³/mol. The van der Waals surface area contributed by atoms with E-state index in [0.717, 1.165) is 22.6 Å². The van der Waals surface area contributed by atoms with E-state index in [2.05, 4.69) is 44.7 Å². The Morgan fingerprint density at radius 1 is 0.767 bits per heavy atom. The number of hydrazone groups is 1. The van der Waals surface area contributed by atoms with Gasteiger partial charge >= 0.3 is 0 Å². The third kappa shape index (κ3) is 4.59. The van der Waals surface area contributed by atoms with Crippen molar-refractivity contribution in [3.8, 4) is 0 Å². The highest BCUT2D eigenvalue weighted by Crippen LogP contribution is 2.33. The molecule has 0 radical (unpaired) electrons. The summed E-state index contributed by atoms with van der Waals surface area (Å²) in [6.07, 6.45) is 4.74. The Morgan fingerprint density at radius 2 is 1.37 bits per heavy atom. The second kappa shape index (κ2) is 9.30. The van der Waals surface area contributed by atoms with Gasteiger partial charge in [0.2, 0.25) is 0 Å². The topological polar surface area (TPSA) is 57.6 Å². The van der Waals surface area contributed by atoms with E-state index in [-0.39, 0.29) is 5.91 Å². The van der Waals surface area contributed by atoms with Crippen molar-refractivity contribution in [2.75, 3.05) is 4.90 Å². The fourth-order valence-corrected chi connectivity index (χ4v) is 3.04. The van der Waals surface area contributed by atoms with Crippen LogP contribution >= 0.6 is 0 Å². The van der Waals surface area contributed by atoms with Gasteiger partial charge in [-0.2, -0.15) is 5.10 Å². The van der Waals surface area contributed by atoms with E-state index >= 15 is 0 Å². The molecule has 146 valence electrons. The van der Waals surface area contributed by atoms with Crippen molar-refractivity contribution in [1.82, 2.24) is 10.4 Å². The summed E-state index contributed by atoms with van der Waals surface area (Å²) < 4.78 is 0. The molecule has 5 heteroatoms. The molecule has 0 aliphatic carbocycles. The first-order valence-corrected chi connectivity index (χ1v) is 9.55. The lowest BCUT2D eigenvalue weighted by Crippen LogP contribution is -2.17. The minimum absolute atomic E-state index is 0.296. The number of carbonyl (C=O) groups excluding carboxylic acids is 1. The molecule has 4 aromatic rings. The van der Waals surface area contributed by atoms with Crippen LogP contribution in [0.4, 0.5) is 17.1 Å². The number of nitrogens with one attached hydrogen (secondary N) is 1. The molecule has 0 saturated heterocycles. The number of nitrogens with zero attached hydrogens (tertiary/aromatic N) is 3. The highest BCUT2D eigenvalue weighted by molar-refractivity contribution is 5.94. The number of rotatable bonds is 6. The van der Waals surface area contributed by atoms with E-state index in [9.17, 15) is 4.79 Å². The molecule has 1 heterocycles. The van der Waals surface area contributed by atoms with Crippen LogP contribution < -0.4 is 10.3 Å². The Balaban J connectivity index is 1.52. The van der Waals surface area contributed by atoms with Gasteiger partial charge in [0.25, 0.3) is 5.91 Å². The van der Waals surface area contributed by atoms with Gasteiger partial charge in [-0.3, -0.25) is 9.78 Å². The maximum absolute atomic E-state index is 12.0.